The molecule has 6 amide bonds. The van der Waals surface area contributed by atoms with Crippen molar-refractivity contribution in [2.75, 3.05) is 36.9 Å². The predicted octanol–water partition coefficient (Wildman–Crippen LogP) is 3.59. The third-order valence-corrected chi connectivity index (χ3v) is 8.44. The number of nitrogens with zero attached hydrogens (tertiary/aromatic N) is 2. The average Bonchev–Trinajstić information content (AvgIpc) is 3.12. The number of carbonyl (C=O) groups is 5. The van der Waals surface area contributed by atoms with Crippen molar-refractivity contribution in [2.45, 2.75) is 71.5 Å². The largest absolute Gasteiger partial charge is 0.378 e. The van der Waals surface area contributed by atoms with Gasteiger partial charge in [0.05, 0.1) is 19.6 Å². The molecule has 1 fully saturated rings. The molecule has 0 unspecified atom stereocenters. The molecule has 3 atom stereocenters. The predicted molar refractivity (Wildman–Crippen MR) is 195 cm³/mol. The van der Waals surface area contributed by atoms with Crippen molar-refractivity contribution in [3.8, 4) is 0 Å². The van der Waals surface area contributed by atoms with Crippen molar-refractivity contribution in [3.05, 3.63) is 89.6 Å². The summed E-state index contributed by atoms with van der Waals surface area (Å²) in [7, 11) is 0. The zero-order chi connectivity index (χ0) is 36.8. The lowest BCUT2D eigenvalue weighted by Gasteiger charge is -2.31. The summed E-state index contributed by atoms with van der Waals surface area (Å²) < 4.78 is 5.40. The zero-order valence-corrected chi connectivity index (χ0v) is 29.7. The summed E-state index contributed by atoms with van der Waals surface area (Å²) in [6, 6.07) is 16.8. The lowest BCUT2D eigenvalue weighted by Crippen LogP contribution is -2.58. The number of ether oxygens (including phenoxy) is 1. The SMILES string of the molecule is CC[C@H](NC(=O)[C@H](CC(C)C)NC(=O)Cc1ccc(NC(=O)Nc2ncccc2C)cc1)C(=O)N[C@@H](Cc1ccccc1)C(=O)N1CCOCC1. The van der Waals surface area contributed by atoms with E-state index in [2.05, 4.69) is 31.6 Å². The molecule has 0 radical (unpaired) electrons. The number of morpholine rings is 1. The van der Waals surface area contributed by atoms with E-state index in [0.29, 0.717) is 56.2 Å². The Morgan fingerprint density at radius 1 is 0.784 bits per heavy atom. The Balaban J connectivity index is 1.34. The maximum absolute atomic E-state index is 13.6. The van der Waals surface area contributed by atoms with Gasteiger partial charge in [0, 0.05) is 31.4 Å². The number of urea groups is 1. The van der Waals surface area contributed by atoms with E-state index >= 15 is 0 Å². The molecule has 1 aliphatic rings. The number of nitrogens with one attached hydrogen (secondary N) is 5. The van der Waals surface area contributed by atoms with Crippen LogP contribution in [0.3, 0.4) is 0 Å². The van der Waals surface area contributed by atoms with Gasteiger partial charge in [0.25, 0.3) is 0 Å². The molecule has 3 aromatic rings. The number of carbonyl (C=O) groups excluding carboxylic acids is 5. The molecular weight excluding hydrogens is 650 g/mol. The van der Waals surface area contributed by atoms with Gasteiger partial charge in [-0.05, 0) is 60.6 Å². The second-order valence-corrected chi connectivity index (χ2v) is 13.0. The highest BCUT2D eigenvalue weighted by Crippen LogP contribution is 2.14. The van der Waals surface area contributed by atoms with Crippen LogP contribution in [0.4, 0.5) is 16.3 Å². The number of hydrogen-bond donors (Lipinski definition) is 5. The highest BCUT2D eigenvalue weighted by Gasteiger charge is 2.31. The first-order valence-electron chi connectivity index (χ1n) is 17.4. The lowest BCUT2D eigenvalue weighted by atomic mass is 10.0. The summed E-state index contributed by atoms with van der Waals surface area (Å²) >= 11 is 0. The molecule has 0 spiro atoms. The van der Waals surface area contributed by atoms with E-state index in [0.717, 1.165) is 11.1 Å². The molecule has 1 saturated heterocycles. The number of anilines is 2. The van der Waals surface area contributed by atoms with E-state index in [4.69, 9.17) is 4.74 Å². The quantitative estimate of drug-likeness (QED) is 0.161. The molecule has 13 nitrogen and oxygen atoms in total. The van der Waals surface area contributed by atoms with Crippen LogP contribution in [0.15, 0.2) is 72.9 Å². The molecule has 13 heteroatoms. The minimum absolute atomic E-state index is 0.00396. The molecule has 0 bridgehead atoms. The second kappa shape index (κ2) is 19.2. The van der Waals surface area contributed by atoms with Gasteiger partial charge in [-0.3, -0.25) is 24.5 Å². The Labute approximate surface area is 299 Å². The number of amides is 6. The van der Waals surface area contributed by atoms with Crippen LogP contribution in [-0.4, -0.2) is 84.0 Å². The van der Waals surface area contributed by atoms with Gasteiger partial charge in [-0.2, -0.15) is 0 Å². The fourth-order valence-corrected chi connectivity index (χ4v) is 5.68. The highest BCUT2D eigenvalue weighted by molar-refractivity contribution is 5.99. The van der Waals surface area contributed by atoms with E-state index < -0.39 is 36.0 Å². The third-order valence-electron chi connectivity index (χ3n) is 8.44. The van der Waals surface area contributed by atoms with Crippen LogP contribution in [0.25, 0.3) is 0 Å². The first kappa shape index (κ1) is 38.5. The summed E-state index contributed by atoms with van der Waals surface area (Å²) in [5.41, 5.74) is 2.94. The fraction of sp³-hybridized carbons (Fsp3) is 0.421. The van der Waals surface area contributed by atoms with E-state index in [9.17, 15) is 24.0 Å². The molecule has 51 heavy (non-hydrogen) atoms. The van der Waals surface area contributed by atoms with Crippen LogP contribution in [-0.2, 0) is 36.8 Å². The highest BCUT2D eigenvalue weighted by atomic mass is 16.5. The molecular formula is C38H49N7O6. The topological polar surface area (TPSA) is 171 Å². The Kier molecular flexibility index (Phi) is 14.5. The van der Waals surface area contributed by atoms with Gasteiger partial charge in [0.15, 0.2) is 0 Å². The van der Waals surface area contributed by atoms with Gasteiger partial charge in [-0.25, -0.2) is 9.78 Å². The summed E-state index contributed by atoms with van der Waals surface area (Å²) in [6.07, 6.45) is 2.54. The standard InChI is InChI=1S/C38H49N7O6/c1-5-30(35(47)43-32(23-27-11-7-6-8-12-27)37(49)45-18-20-51-21-19-45)42-36(48)31(22-25(2)3)41-33(46)24-28-13-15-29(16-14-28)40-38(50)44-34-26(4)10-9-17-39-34/h6-17,25,30-32H,5,18-24H2,1-4H3,(H,41,46)(H,42,48)(H,43,47)(H2,39,40,44,50)/t30-,31-,32-/m0/s1. The fourth-order valence-electron chi connectivity index (χ4n) is 5.68. The lowest BCUT2D eigenvalue weighted by molar-refractivity contribution is -0.140. The first-order valence-corrected chi connectivity index (χ1v) is 17.4. The zero-order valence-electron chi connectivity index (χ0n) is 29.7. The smallest absolute Gasteiger partial charge is 0.324 e. The number of pyridine rings is 1. The normalized spacial score (nSPS) is 14.5. The molecule has 1 aliphatic heterocycles. The Hall–Kier alpha value is -5.30. The molecule has 0 saturated carbocycles. The van der Waals surface area contributed by atoms with Crippen LogP contribution >= 0.6 is 0 Å². The van der Waals surface area contributed by atoms with E-state index in [-0.39, 0.29) is 30.6 Å². The first-order chi connectivity index (χ1) is 24.5. The molecule has 2 heterocycles. The van der Waals surface area contributed by atoms with Crippen molar-refractivity contribution in [1.29, 1.82) is 0 Å². The van der Waals surface area contributed by atoms with Crippen molar-refractivity contribution < 1.29 is 28.7 Å². The van der Waals surface area contributed by atoms with Gasteiger partial charge in [0.2, 0.25) is 23.6 Å². The molecule has 5 N–H and O–H groups in total. The van der Waals surface area contributed by atoms with Gasteiger partial charge in [-0.1, -0.05) is 69.3 Å². The van der Waals surface area contributed by atoms with E-state index in [1.165, 1.54) is 0 Å². The summed E-state index contributed by atoms with van der Waals surface area (Å²) in [4.78, 5) is 72.0. The van der Waals surface area contributed by atoms with Crippen LogP contribution in [0.5, 0.6) is 0 Å². The van der Waals surface area contributed by atoms with Gasteiger partial charge < -0.3 is 30.9 Å². The number of aromatic nitrogens is 1. The van der Waals surface area contributed by atoms with Crippen molar-refractivity contribution in [1.82, 2.24) is 25.8 Å². The van der Waals surface area contributed by atoms with Crippen molar-refractivity contribution >= 4 is 41.2 Å². The number of aryl methyl sites for hydroxylation is 1. The molecule has 4 rings (SSSR count). The minimum atomic E-state index is -0.918. The summed E-state index contributed by atoms with van der Waals surface area (Å²) in [6.45, 7) is 9.25. The summed E-state index contributed by atoms with van der Waals surface area (Å²) in [5.74, 6) is -0.986. The van der Waals surface area contributed by atoms with Gasteiger partial charge >= 0.3 is 6.03 Å². The Morgan fingerprint density at radius 3 is 2.10 bits per heavy atom. The number of benzene rings is 2. The van der Waals surface area contributed by atoms with Gasteiger partial charge in [-0.15, -0.1) is 0 Å². The third kappa shape index (κ3) is 12.2. The second-order valence-electron chi connectivity index (χ2n) is 13.0. The van der Waals surface area contributed by atoms with Crippen LogP contribution in [0, 0.1) is 12.8 Å². The summed E-state index contributed by atoms with van der Waals surface area (Å²) in [5, 5.41) is 14.0. The van der Waals surface area contributed by atoms with Crippen LogP contribution in [0.1, 0.15) is 50.3 Å². The molecule has 0 aliphatic carbocycles. The Morgan fingerprint density at radius 2 is 1.45 bits per heavy atom. The Bertz CT molecular complexity index is 1630. The average molecular weight is 700 g/mol. The molecule has 1 aromatic heterocycles. The maximum Gasteiger partial charge on any atom is 0.324 e. The van der Waals surface area contributed by atoms with Crippen molar-refractivity contribution in [2.24, 2.45) is 5.92 Å². The van der Waals surface area contributed by atoms with Crippen LogP contribution in [0.2, 0.25) is 0 Å². The monoisotopic (exact) mass is 699 g/mol. The maximum atomic E-state index is 13.6. The molecule has 2 aromatic carbocycles. The van der Waals surface area contributed by atoms with E-state index in [1.807, 2.05) is 57.2 Å². The van der Waals surface area contributed by atoms with Crippen molar-refractivity contribution in [3.63, 3.8) is 0 Å². The van der Waals surface area contributed by atoms with Gasteiger partial charge in [0.1, 0.15) is 23.9 Å². The number of rotatable bonds is 15. The van der Waals surface area contributed by atoms with Crippen LogP contribution < -0.4 is 26.6 Å². The van der Waals surface area contributed by atoms with E-state index in [1.54, 1.807) is 48.4 Å². The number of hydrogen-bond acceptors (Lipinski definition) is 7. The minimum Gasteiger partial charge on any atom is -0.378 e. The molecule has 272 valence electrons.